The lowest BCUT2D eigenvalue weighted by Crippen LogP contribution is -2.43. The van der Waals surface area contributed by atoms with Gasteiger partial charge in [-0.2, -0.15) is 11.8 Å². The van der Waals surface area contributed by atoms with E-state index < -0.39 is 0 Å². The number of likely N-dealkylation sites (tertiary alicyclic amines) is 1. The number of rotatable bonds is 5. The summed E-state index contributed by atoms with van der Waals surface area (Å²) in [6.07, 6.45) is 9.89. The number of nitrogens with one attached hydrogen (secondary N) is 1. The van der Waals surface area contributed by atoms with Crippen LogP contribution in [-0.4, -0.2) is 48.0 Å². The van der Waals surface area contributed by atoms with Crippen LogP contribution in [0.25, 0.3) is 0 Å². The minimum absolute atomic E-state index is 0.302. The summed E-state index contributed by atoms with van der Waals surface area (Å²) in [5.41, 5.74) is 0. The van der Waals surface area contributed by atoms with E-state index in [9.17, 15) is 4.79 Å². The highest BCUT2D eigenvalue weighted by molar-refractivity contribution is 7.99. The topological polar surface area (TPSA) is 32.3 Å². The van der Waals surface area contributed by atoms with Gasteiger partial charge in [0.1, 0.15) is 0 Å². The summed E-state index contributed by atoms with van der Waals surface area (Å²) >= 11 is 2.11. The van der Waals surface area contributed by atoms with Crippen LogP contribution in [0.15, 0.2) is 0 Å². The van der Waals surface area contributed by atoms with Gasteiger partial charge in [0, 0.05) is 24.8 Å². The highest BCUT2D eigenvalue weighted by Crippen LogP contribution is 2.28. The van der Waals surface area contributed by atoms with Crippen molar-refractivity contribution in [2.75, 3.05) is 31.1 Å². The van der Waals surface area contributed by atoms with E-state index in [0.717, 1.165) is 19.0 Å². The molecule has 1 amide bonds. The van der Waals surface area contributed by atoms with Crippen molar-refractivity contribution in [1.82, 2.24) is 10.2 Å². The molecule has 3 aliphatic rings. The van der Waals surface area contributed by atoms with Gasteiger partial charge < -0.3 is 5.32 Å². The fourth-order valence-corrected chi connectivity index (χ4v) is 5.39. The van der Waals surface area contributed by atoms with Gasteiger partial charge in [0.2, 0.25) is 5.91 Å². The van der Waals surface area contributed by atoms with Crippen molar-refractivity contribution < 1.29 is 4.79 Å². The maximum Gasteiger partial charge on any atom is 0.220 e. The van der Waals surface area contributed by atoms with Gasteiger partial charge in [-0.1, -0.05) is 12.8 Å². The minimum Gasteiger partial charge on any atom is -0.356 e. The number of carbonyl (C=O) groups excluding carboxylic acids is 1. The zero-order valence-corrected chi connectivity index (χ0v) is 14.0. The Morgan fingerprint density at radius 2 is 1.81 bits per heavy atom. The minimum atomic E-state index is 0.302. The second-order valence-corrected chi connectivity index (χ2v) is 8.31. The van der Waals surface area contributed by atoms with Crippen LogP contribution in [0.2, 0.25) is 0 Å². The summed E-state index contributed by atoms with van der Waals surface area (Å²) < 4.78 is 0. The Bertz CT molecular complexity index is 330. The summed E-state index contributed by atoms with van der Waals surface area (Å²) in [6, 6.07) is 0.841. The first-order valence-electron chi connectivity index (χ1n) is 8.90. The molecule has 2 heterocycles. The Labute approximate surface area is 133 Å². The van der Waals surface area contributed by atoms with Crippen molar-refractivity contribution in [3.63, 3.8) is 0 Å². The van der Waals surface area contributed by atoms with Crippen LogP contribution in [0.1, 0.15) is 51.4 Å². The molecule has 1 N–H and O–H groups in total. The number of amides is 1. The van der Waals surface area contributed by atoms with E-state index in [1.165, 1.54) is 69.5 Å². The monoisotopic (exact) mass is 310 g/mol. The first kappa shape index (κ1) is 15.7. The number of hydrogen-bond acceptors (Lipinski definition) is 3. The lowest BCUT2D eigenvalue weighted by atomic mass is 9.95. The molecule has 0 radical (unpaired) electrons. The SMILES string of the molecule is O=C(CC1CCCC1)NCC1CCN([C@H]2CCSC2)CC1. The fraction of sp³-hybridized carbons (Fsp3) is 0.941. The molecule has 0 bridgehead atoms. The zero-order valence-electron chi connectivity index (χ0n) is 13.2. The second kappa shape index (κ2) is 7.87. The molecule has 4 heteroatoms. The molecule has 0 aromatic carbocycles. The first-order valence-corrected chi connectivity index (χ1v) is 10.0. The third-order valence-corrected chi connectivity index (χ3v) is 6.75. The van der Waals surface area contributed by atoms with Crippen molar-refractivity contribution >= 4 is 17.7 Å². The number of piperidine rings is 1. The van der Waals surface area contributed by atoms with Crippen molar-refractivity contribution in [1.29, 1.82) is 0 Å². The van der Waals surface area contributed by atoms with Crippen molar-refractivity contribution in [2.45, 2.75) is 57.4 Å². The van der Waals surface area contributed by atoms with Gasteiger partial charge in [-0.3, -0.25) is 9.69 Å². The number of carbonyl (C=O) groups is 1. The molecule has 3 nitrogen and oxygen atoms in total. The quantitative estimate of drug-likeness (QED) is 0.847. The largest absolute Gasteiger partial charge is 0.356 e. The van der Waals surface area contributed by atoms with Gasteiger partial charge in [0.05, 0.1) is 0 Å². The summed E-state index contributed by atoms with van der Waals surface area (Å²) in [5.74, 6) is 4.37. The molecule has 1 saturated carbocycles. The van der Waals surface area contributed by atoms with Crippen LogP contribution in [0.4, 0.5) is 0 Å². The first-order chi connectivity index (χ1) is 10.3. The molecular weight excluding hydrogens is 280 g/mol. The lowest BCUT2D eigenvalue weighted by Gasteiger charge is -2.35. The van der Waals surface area contributed by atoms with Crippen molar-refractivity contribution in [2.24, 2.45) is 11.8 Å². The molecule has 3 rings (SSSR count). The highest BCUT2D eigenvalue weighted by Gasteiger charge is 2.27. The molecule has 2 saturated heterocycles. The van der Waals surface area contributed by atoms with E-state index in [1.807, 2.05) is 0 Å². The van der Waals surface area contributed by atoms with E-state index in [2.05, 4.69) is 22.0 Å². The van der Waals surface area contributed by atoms with Crippen LogP contribution in [0, 0.1) is 11.8 Å². The molecular formula is C17H30N2OS. The van der Waals surface area contributed by atoms with E-state index in [4.69, 9.17) is 0 Å². The van der Waals surface area contributed by atoms with Gasteiger partial charge in [-0.05, 0) is 62.8 Å². The van der Waals surface area contributed by atoms with E-state index in [1.54, 1.807) is 0 Å². The van der Waals surface area contributed by atoms with Crippen LogP contribution in [0.3, 0.4) is 0 Å². The molecule has 3 fully saturated rings. The maximum atomic E-state index is 12.0. The Morgan fingerprint density at radius 3 is 2.48 bits per heavy atom. The van der Waals surface area contributed by atoms with Crippen molar-refractivity contribution in [3.8, 4) is 0 Å². The Hall–Kier alpha value is -0.220. The number of hydrogen-bond donors (Lipinski definition) is 1. The fourth-order valence-electron chi connectivity index (χ4n) is 4.14. The number of thioether (sulfide) groups is 1. The molecule has 0 spiro atoms. The predicted molar refractivity (Wildman–Crippen MR) is 89.6 cm³/mol. The van der Waals surface area contributed by atoms with Crippen molar-refractivity contribution in [3.05, 3.63) is 0 Å². The van der Waals surface area contributed by atoms with Crippen LogP contribution in [0.5, 0.6) is 0 Å². The average Bonchev–Trinajstić information content (AvgIpc) is 3.19. The van der Waals surface area contributed by atoms with Gasteiger partial charge >= 0.3 is 0 Å². The standard InChI is InChI=1S/C17H30N2OS/c20-17(11-14-3-1-2-4-14)18-12-15-5-8-19(9-6-15)16-7-10-21-13-16/h14-16H,1-13H2,(H,18,20)/t16-/m0/s1. The highest BCUT2D eigenvalue weighted by atomic mass is 32.2. The molecule has 21 heavy (non-hydrogen) atoms. The normalized spacial score (nSPS) is 29.0. The Balaban J connectivity index is 1.30. The summed E-state index contributed by atoms with van der Waals surface area (Å²) in [5, 5.41) is 3.20. The van der Waals surface area contributed by atoms with Crippen LogP contribution in [-0.2, 0) is 4.79 Å². The molecule has 2 aliphatic heterocycles. The van der Waals surface area contributed by atoms with Gasteiger partial charge in [0.15, 0.2) is 0 Å². The Morgan fingerprint density at radius 1 is 1.05 bits per heavy atom. The predicted octanol–water partition coefficient (Wildman–Crippen LogP) is 2.90. The van der Waals surface area contributed by atoms with Gasteiger partial charge in [-0.25, -0.2) is 0 Å². The lowest BCUT2D eigenvalue weighted by molar-refractivity contribution is -0.122. The summed E-state index contributed by atoms with van der Waals surface area (Å²) in [4.78, 5) is 14.7. The Kier molecular flexibility index (Phi) is 5.87. The average molecular weight is 311 g/mol. The molecule has 0 aromatic heterocycles. The maximum absolute atomic E-state index is 12.0. The molecule has 1 atom stereocenters. The summed E-state index contributed by atoms with van der Waals surface area (Å²) in [7, 11) is 0. The van der Waals surface area contributed by atoms with Crippen LogP contribution < -0.4 is 5.32 Å². The van der Waals surface area contributed by atoms with Crippen LogP contribution >= 0.6 is 11.8 Å². The smallest absolute Gasteiger partial charge is 0.220 e. The number of nitrogens with zero attached hydrogens (tertiary/aromatic N) is 1. The second-order valence-electron chi connectivity index (χ2n) is 7.16. The van der Waals surface area contributed by atoms with E-state index >= 15 is 0 Å². The molecule has 1 aliphatic carbocycles. The molecule has 120 valence electrons. The van der Waals surface area contributed by atoms with Gasteiger partial charge in [0.25, 0.3) is 0 Å². The van der Waals surface area contributed by atoms with E-state index in [-0.39, 0.29) is 0 Å². The summed E-state index contributed by atoms with van der Waals surface area (Å²) in [6.45, 7) is 3.40. The molecule has 0 unspecified atom stereocenters. The van der Waals surface area contributed by atoms with E-state index in [0.29, 0.717) is 17.7 Å². The van der Waals surface area contributed by atoms with Gasteiger partial charge in [-0.15, -0.1) is 0 Å². The third kappa shape index (κ3) is 4.62. The third-order valence-electron chi connectivity index (χ3n) is 5.61. The zero-order chi connectivity index (χ0) is 14.5. The molecule has 0 aromatic rings.